The van der Waals surface area contributed by atoms with Crippen LogP contribution in [0.25, 0.3) is 0 Å². The molecule has 2 rings (SSSR count). The quantitative estimate of drug-likeness (QED) is 0.900. The van der Waals surface area contributed by atoms with Crippen LogP contribution in [0.3, 0.4) is 0 Å². The minimum atomic E-state index is 0. The molecule has 0 saturated heterocycles. The summed E-state index contributed by atoms with van der Waals surface area (Å²) in [5.41, 5.74) is 2.68. The first-order valence-electron chi connectivity index (χ1n) is 6.84. The summed E-state index contributed by atoms with van der Waals surface area (Å²) in [6, 6.07) is 8.62. The fourth-order valence-corrected chi connectivity index (χ4v) is 2.60. The molecule has 1 amide bonds. The third-order valence-electron chi connectivity index (χ3n) is 3.73. The lowest BCUT2D eigenvalue weighted by Gasteiger charge is -2.20. The molecule has 0 aliphatic heterocycles. The fraction of sp³-hybridized carbons (Fsp3) is 0.533. The molecule has 1 atom stereocenters. The summed E-state index contributed by atoms with van der Waals surface area (Å²) in [6.45, 7) is 6.52. The van der Waals surface area contributed by atoms with Crippen LogP contribution >= 0.6 is 12.4 Å². The molecule has 0 saturated carbocycles. The third kappa shape index (κ3) is 3.95. The molecule has 0 aromatic heterocycles. The van der Waals surface area contributed by atoms with Gasteiger partial charge in [-0.05, 0) is 37.1 Å². The van der Waals surface area contributed by atoms with E-state index in [0.717, 1.165) is 25.9 Å². The maximum absolute atomic E-state index is 12.0. The van der Waals surface area contributed by atoms with Crippen molar-refractivity contribution in [3.05, 3.63) is 35.4 Å². The number of nitrogens with zero attached hydrogens (tertiary/aromatic N) is 1. The number of likely N-dealkylation sites (N-methyl/N-ethyl adjacent to an activating group) is 1. The van der Waals surface area contributed by atoms with E-state index in [2.05, 4.69) is 42.3 Å². The molecule has 1 aliphatic carbocycles. The van der Waals surface area contributed by atoms with E-state index in [1.165, 1.54) is 11.1 Å². The van der Waals surface area contributed by atoms with Gasteiger partial charge in [-0.2, -0.15) is 0 Å². The predicted octanol–water partition coefficient (Wildman–Crippen LogP) is 2.55. The van der Waals surface area contributed by atoms with Crippen molar-refractivity contribution in [2.45, 2.75) is 32.7 Å². The van der Waals surface area contributed by atoms with Gasteiger partial charge in [-0.25, -0.2) is 0 Å². The number of hydrogen-bond acceptors (Lipinski definition) is 2. The molecule has 1 aliphatic rings. The Labute approximate surface area is 121 Å². The molecule has 19 heavy (non-hydrogen) atoms. The summed E-state index contributed by atoms with van der Waals surface area (Å²) in [4.78, 5) is 14.1. The van der Waals surface area contributed by atoms with E-state index in [4.69, 9.17) is 0 Å². The highest BCUT2D eigenvalue weighted by Crippen LogP contribution is 2.30. The Morgan fingerprint density at radius 2 is 2.00 bits per heavy atom. The number of halogens is 1. The lowest BCUT2D eigenvalue weighted by molar-refractivity contribution is -0.122. The van der Waals surface area contributed by atoms with Crippen molar-refractivity contribution in [2.75, 3.05) is 19.6 Å². The van der Waals surface area contributed by atoms with Gasteiger partial charge in [0.2, 0.25) is 5.91 Å². The van der Waals surface area contributed by atoms with Crippen LogP contribution in [-0.4, -0.2) is 30.4 Å². The number of carbonyl (C=O) groups is 1. The van der Waals surface area contributed by atoms with Crippen molar-refractivity contribution in [1.29, 1.82) is 0 Å². The maximum atomic E-state index is 12.0. The van der Waals surface area contributed by atoms with Crippen molar-refractivity contribution in [1.82, 2.24) is 10.2 Å². The number of hydrogen-bond donors (Lipinski definition) is 1. The van der Waals surface area contributed by atoms with E-state index >= 15 is 0 Å². The van der Waals surface area contributed by atoms with Crippen LogP contribution < -0.4 is 5.32 Å². The second kappa shape index (κ2) is 7.51. The van der Waals surface area contributed by atoms with E-state index in [0.29, 0.717) is 6.54 Å². The monoisotopic (exact) mass is 282 g/mol. The lowest BCUT2D eigenvalue weighted by Crippen LogP contribution is -2.38. The molecular weight excluding hydrogens is 260 g/mol. The van der Waals surface area contributed by atoms with Crippen molar-refractivity contribution < 1.29 is 4.79 Å². The van der Waals surface area contributed by atoms with Crippen molar-refractivity contribution >= 4 is 18.3 Å². The van der Waals surface area contributed by atoms with E-state index in [-0.39, 0.29) is 24.4 Å². The zero-order valence-electron chi connectivity index (χ0n) is 11.7. The van der Waals surface area contributed by atoms with Crippen molar-refractivity contribution in [3.63, 3.8) is 0 Å². The molecule has 0 radical (unpaired) electrons. The SMILES string of the molecule is CCN(CC)CC(=O)NC1CCc2ccccc21.Cl. The minimum Gasteiger partial charge on any atom is -0.348 e. The van der Waals surface area contributed by atoms with E-state index in [9.17, 15) is 4.79 Å². The summed E-state index contributed by atoms with van der Waals surface area (Å²) >= 11 is 0. The smallest absolute Gasteiger partial charge is 0.234 e. The molecule has 0 bridgehead atoms. The highest BCUT2D eigenvalue weighted by molar-refractivity contribution is 5.85. The Morgan fingerprint density at radius 1 is 1.32 bits per heavy atom. The fourth-order valence-electron chi connectivity index (χ4n) is 2.60. The molecule has 1 aromatic carbocycles. The Morgan fingerprint density at radius 3 is 2.68 bits per heavy atom. The molecule has 0 spiro atoms. The van der Waals surface area contributed by atoms with Gasteiger partial charge in [0.1, 0.15) is 0 Å². The van der Waals surface area contributed by atoms with Crippen molar-refractivity contribution in [3.8, 4) is 0 Å². The standard InChI is InChI=1S/C15H22N2O.ClH/c1-3-17(4-2)11-15(18)16-14-10-9-12-7-5-6-8-13(12)14;/h5-8,14H,3-4,9-11H2,1-2H3,(H,16,18);1H. The maximum Gasteiger partial charge on any atom is 0.234 e. The van der Waals surface area contributed by atoms with Crippen LogP contribution in [0.15, 0.2) is 24.3 Å². The molecular formula is C15H23ClN2O. The third-order valence-corrected chi connectivity index (χ3v) is 3.73. The normalized spacial score (nSPS) is 16.9. The molecule has 3 nitrogen and oxygen atoms in total. The summed E-state index contributed by atoms with van der Waals surface area (Å²) in [6.07, 6.45) is 2.11. The molecule has 1 N–H and O–H groups in total. The average Bonchev–Trinajstić information content (AvgIpc) is 2.79. The zero-order chi connectivity index (χ0) is 13.0. The first kappa shape index (κ1) is 16.0. The van der Waals surface area contributed by atoms with Gasteiger partial charge in [0, 0.05) is 0 Å². The van der Waals surface area contributed by atoms with Gasteiger partial charge in [0.05, 0.1) is 12.6 Å². The Bertz CT molecular complexity index is 418. The molecule has 0 heterocycles. The van der Waals surface area contributed by atoms with Gasteiger partial charge < -0.3 is 5.32 Å². The van der Waals surface area contributed by atoms with Gasteiger partial charge in [-0.1, -0.05) is 38.1 Å². The molecule has 1 aromatic rings. The largest absolute Gasteiger partial charge is 0.348 e. The summed E-state index contributed by atoms with van der Waals surface area (Å²) < 4.78 is 0. The topological polar surface area (TPSA) is 32.3 Å². The van der Waals surface area contributed by atoms with Crippen LogP contribution in [0.2, 0.25) is 0 Å². The number of benzene rings is 1. The van der Waals surface area contributed by atoms with Crippen LogP contribution in [0.5, 0.6) is 0 Å². The molecule has 4 heteroatoms. The lowest BCUT2D eigenvalue weighted by atomic mass is 10.1. The highest BCUT2D eigenvalue weighted by Gasteiger charge is 2.23. The van der Waals surface area contributed by atoms with Gasteiger partial charge >= 0.3 is 0 Å². The molecule has 106 valence electrons. The van der Waals surface area contributed by atoms with Gasteiger partial charge in [-0.15, -0.1) is 12.4 Å². The first-order valence-corrected chi connectivity index (χ1v) is 6.84. The summed E-state index contributed by atoms with van der Waals surface area (Å²) in [5, 5.41) is 3.15. The van der Waals surface area contributed by atoms with Crippen LogP contribution in [0, 0.1) is 0 Å². The number of carbonyl (C=O) groups excluding carboxylic acids is 1. The van der Waals surface area contributed by atoms with Gasteiger partial charge in [0.15, 0.2) is 0 Å². The Balaban J connectivity index is 0.00000180. The number of rotatable bonds is 5. The molecule has 0 fully saturated rings. The number of amides is 1. The first-order chi connectivity index (χ1) is 8.74. The Kier molecular flexibility index (Phi) is 6.32. The van der Waals surface area contributed by atoms with Gasteiger partial charge in [0.25, 0.3) is 0 Å². The number of fused-ring (bicyclic) bond motifs is 1. The van der Waals surface area contributed by atoms with Crippen LogP contribution in [0.1, 0.15) is 37.4 Å². The van der Waals surface area contributed by atoms with E-state index < -0.39 is 0 Å². The average molecular weight is 283 g/mol. The minimum absolute atomic E-state index is 0. The second-order valence-corrected chi connectivity index (χ2v) is 4.82. The summed E-state index contributed by atoms with van der Waals surface area (Å²) in [5.74, 6) is 0.139. The number of aryl methyl sites for hydroxylation is 1. The van der Waals surface area contributed by atoms with Crippen LogP contribution in [-0.2, 0) is 11.2 Å². The zero-order valence-corrected chi connectivity index (χ0v) is 12.5. The summed E-state index contributed by atoms with van der Waals surface area (Å²) in [7, 11) is 0. The van der Waals surface area contributed by atoms with Crippen molar-refractivity contribution in [2.24, 2.45) is 0 Å². The second-order valence-electron chi connectivity index (χ2n) is 4.82. The van der Waals surface area contributed by atoms with E-state index in [1.54, 1.807) is 0 Å². The van der Waals surface area contributed by atoms with E-state index in [1.807, 2.05) is 6.07 Å². The Hall–Kier alpha value is -1.06. The number of nitrogens with one attached hydrogen (secondary N) is 1. The van der Waals surface area contributed by atoms with Gasteiger partial charge in [-0.3, -0.25) is 9.69 Å². The molecule has 1 unspecified atom stereocenters. The van der Waals surface area contributed by atoms with Crippen LogP contribution in [0.4, 0.5) is 0 Å². The predicted molar refractivity (Wildman–Crippen MR) is 80.7 cm³/mol. The highest BCUT2D eigenvalue weighted by atomic mass is 35.5.